The van der Waals surface area contributed by atoms with Gasteiger partial charge < -0.3 is 14.7 Å². The van der Waals surface area contributed by atoms with Crippen LogP contribution in [0.3, 0.4) is 0 Å². The Labute approximate surface area is 108 Å². The van der Waals surface area contributed by atoms with E-state index >= 15 is 0 Å². The molecule has 4 heteroatoms. The van der Waals surface area contributed by atoms with E-state index < -0.39 is 0 Å². The molecule has 1 atom stereocenters. The van der Waals surface area contributed by atoms with Gasteiger partial charge in [0.05, 0.1) is 19.3 Å². The Morgan fingerprint density at radius 1 is 1.39 bits per heavy atom. The van der Waals surface area contributed by atoms with Crippen molar-refractivity contribution in [2.75, 3.05) is 25.2 Å². The standard InChI is InChI=1S/C14H22FNO2/c1-5-18-14-7-6-11(8-12(14)15)16(4)13(9-17)10(2)3/h6-8,10,13,17H,5,9H2,1-4H3. The first-order valence-corrected chi connectivity index (χ1v) is 6.27. The number of nitrogens with zero attached hydrogens (tertiary/aromatic N) is 1. The van der Waals surface area contributed by atoms with E-state index in [1.165, 1.54) is 6.07 Å². The number of benzene rings is 1. The molecule has 0 saturated heterocycles. The van der Waals surface area contributed by atoms with E-state index in [2.05, 4.69) is 0 Å². The number of hydrogen-bond acceptors (Lipinski definition) is 3. The second-order valence-corrected chi connectivity index (χ2v) is 4.65. The topological polar surface area (TPSA) is 32.7 Å². The van der Waals surface area contributed by atoms with Crippen LogP contribution in [0.1, 0.15) is 20.8 Å². The van der Waals surface area contributed by atoms with E-state index in [1.807, 2.05) is 32.7 Å². The van der Waals surface area contributed by atoms with Gasteiger partial charge in [0.2, 0.25) is 0 Å². The summed E-state index contributed by atoms with van der Waals surface area (Å²) in [5.41, 5.74) is 0.740. The quantitative estimate of drug-likeness (QED) is 0.848. The molecule has 1 unspecified atom stereocenters. The molecular weight excluding hydrogens is 233 g/mol. The van der Waals surface area contributed by atoms with Gasteiger partial charge in [-0.05, 0) is 25.0 Å². The third kappa shape index (κ3) is 3.35. The third-order valence-corrected chi connectivity index (χ3v) is 3.08. The number of aliphatic hydroxyl groups is 1. The van der Waals surface area contributed by atoms with Crippen LogP contribution in [0, 0.1) is 11.7 Å². The van der Waals surface area contributed by atoms with Crippen molar-refractivity contribution in [1.82, 2.24) is 0 Å². The van der Waals surface area contributed by atoms with Crippen molar-refractivity contribution in [3.05, 3.63) is 24.0 Å². The van der Waals surface area contributed by atoms with E-state index in [4.69, 9.17) is 4.74 Å². The lowest BCUT2D eigenvalue weighted by molar-refractivity contribution is 0.234. The fraction of sp³-hybridized carbons (Fsp3) is 0.571. The zero-order chi connectivity index (χ0) is 13.7. The lowest BCUT2D eigenvalue weighted by Crippen LogP contribution is -2.38. The minimum atomic E-state index is -0.373. The number of halogens is 1. The van der Waals surface area contributed by atoms with Gasteiger partial charge in [0, 0.05) is 18.8 Å². The largest absolute Gasteiger partial charge is 0.491 e. The highest BCUT2D eigenvalue weighted by Gasteiger charge is 2.19. The predicted octanol–water partition coefficient (Wildman–Crippen LogP) is 2.68. The van der Waals surface area contributed by atoms with Crippen molar-refractivity contribution in [3.63, 3.8) is 0 Å². The highest BCUT2D eigenvalue weighted by atomic mass is 19.1. The minimum absolute atomic E-state index is 0.0256. The van der Waals surface area contributed by atoms with Crippen LogP contribution in [0.25, 0.3) is 0 Å². The number of rotatable bonds is 6. The Morgan fingerprint density at radius 3 is 2.50 bits per heavy atom. The van der Waals surface area contributed by atoms with Gasteiger partial charge in [0.15, 0.2) is 11.6 Å². The highest BCUT2D eigenvalue weighted by molar-refractivity contribution is 5.50. The van der Waals surface area contributed by atoms with Crippen LogP contribution in [0.2, 0.25) is 0 Å². The number of ether oxygens (including phenoxy) is 1. The van der Waals surface area contributed by atoms with Gasteiger partial charge in [-0.15, -0.1) is 0 Å². The maximum atomic E-state index is 13.8. The van der Waals surface area contributed by atoms with Crippen LogP contribution >= 0.6 is 0 Å². The molecule has 102 valence electrons. The van der Waals surface area contributed by atoms with Gasteiger partial charge in [-0.1, -0.05) is 13.8 Å². The summed E-state index contributed by atoms with van der Waals surface area (Å²) in [4.78, 5) is 1.89. The molecule has 0 heterocycles. The molecule has 0 saturated carbocycles. The van der Waals surface area contributed by atoms with Crippen LogP contribution < -0.4 is 9.64 Å². The highest BCUT2D eigenvalue weighted by Crippen LogP contribution is 2.25. The van der Waals surface area contributed by atoms with Gasteiger partial charge >= 0.3 is 0 Å². The average Bonchev–Trinajstić information content (AvgIpc) is 2.32. The van der Waals surface area contributed by atoms with Crippen molar-refractivity contribution in [2.24, 2.45) is 5.92 Å². The van der Waals surface area contributed by atoms with Crippen LogP contribution in [-0.2, 0) is 0 Å². The van der Waals surface area contributed by atoms with Gasteiger partial charge in [-0.3, -0.25) is 0 Å². The summed E-state index contributed by atoms with van der Waals surface area (Å²) in [7, 11) is 1.86. The second-order valence-electron chi connectivity index (χ2n) is 4.65. The van der Waals surface area contributed by atoms with Crippen molar-refractivity contribution in [3.8, 4) is 5.75 Å². The van der Waals surface area contributed by atoms with Crippen molar-refractivity contribution in [1.29, 1.82) is 0 Å². The maximum absolute atomic E-state index is 13.8. The van der Waals surface area contributed by atoms with Gasteiger partial charge in [-0.2, -0.15) is 0 Å². The summed E-state index contributed by atoms with van der Waals surface area (Å²) in [5.74, 6) is 0.177. The first-order chi connectivity index (χ1) is 8.51. The molecular formula is C14H22FNO2. The zero-order valence-electron chi connectivity index (χ0n) is 11.5. The molecule has 0 aliphatic heterocycles. The van der Waals surface area contributed by atoms with Crippen molar-refractivity contribution in [2.45, 2.75) is 26.8 Å². The summed E-state index contributed by atoms with van der Waals surface area (Å²) >= 11 is 0. The summed E-state index contributed by atoms with van der Waals surface area (Å²) in [6.45, 7) is 6.37. The summed E-state index contributed by atoms with van der Waals surface area (Å²) < 4.78 is 18.9. The summed E-state index contributed by atoms with van der Waals surface area (Å²) in [6, 6.07) is 4.84. The average molecular weight is 255 g/mol. The molecule has 0 amide bonds. The van der Waals surface area contributed by atoms with Crippen LogP contribution in [0.15, 0.2) is 18.2 Å². The van der Waals surface area contributed by atoms with E-state index in [1.54, 1.807) is 12.1 Å². The molecule has 0 bridgehead atoms. The Bertz CT molecular complexity index is 382. The SMILES string of the molecule is CCOc1ccc(N(C)C(CO)C(C)C)cc1F. The van der Waals surface area contributed by atoms with Gasteiger partial charge in [0.25, 0.3) is 0 Å². The van der Waals surface area contributed by atoms with Gasteiger partial charge in [-0.25, -0.2) is 4.39 Å². The molecule has 0 fully saturated rings. The molecule has 0 aliphatic rings. The Hall–Kier alpha value is -1.29. The number of hydrogen-bond donors (Lipinski definition) is 1. The van der Waals surface area contributed by atoms with Crippen molar-refractivity contribution >= 4 is 5.69 Å². The molecule has 0 radical (unpaired) electrons. The van der Waals surface area contributed by atoms with E-state index in [-0.39, 0.29) is 30.1 Å². The molecule has 1 aromatic carbocycles. The normalized spacial score (nSPS) is 12.6. The lowest BCUT2D eigenvalue weighted by atomic mass is 10.0. The summed E-state index contributed by atoms with van der Waals surface area (Å²) in [5, 5.41) is 9.38. The first kappa shape index (κ1) is 14.8. The molecule has 1 N–H and O–H groups in total. The monoisotopic (exact) mass is 255 g/mol. The molecule has 0 aromatic heterocycles. The van der Waals surface area contributed by atoms with Crippen LogP contribution in [0.4, 0.5) is 10.1 Å². The van der Waals surface area contributed by atoms with E-state index in [0.29, 0.717) is 6.61 Å². The number of anilines is 1. The van der Waals surface area contributed by atoms with E-state index in [0.717, 1.165) is 5.69 Å². The molecule has 0 spiro atoms. The predicted molar refractivity (Wildman–Crippen MR) is 71.7 cm³/mol. The maximum Gasteiger partial charge on any atom is 0.167 e. The smallest absolute Gasteiger partial charge is 0.167 e. The van der Waals surface area contributed by atoms with Crippen LogP contribution in [-0.4, -0.2) is 31.4 Å². The first-order valence-electron chi connectivity index (χ1n) is 6.27. The molecule has 1 rings (SSSR count). The Kier molecular flexibility index (Phi) is 5.41. The van der Waals surface area contributed by atoms with Gasteiger partial charge in [0.1, 0.15) is 0 Å². The fourth-order valence-electron chi connectivity index (χ4n) is 1.95. The molecule has 18 heavy (non-hydrogen) atoms. The number of likely N-dealkylation sites (N-methyl/N-ethyl adjacent to an activating group) is 1. The van der Waals surface area contributed by atoms with E-state index in [9.17, 15) is 9.50 Å². The molecule has 3 nitrogen and oxygen atoms in total. The van der Waals surface area contributed by atoms with Crippen molar-refractivity contribution < 1.29 is 14.2 Å². The fourth-order valence-corrected chi connectivity index (χ4v) is 1.95. The Morgan fingerprint density at radius 2 is 2.06 bits per heavy atom. The summed E-state index contributed by atoms with van der Waals surface area (Å²) in [6.07, 6.45) is 0. The number of aliphatic hydroxyl groups excluding tert-OH is 1. The van der Waals surface area contributed by atoms with Crippen LogP contribution in [0.5, 0.6) is 5.75 Å². The minimum Gasteiger partial charge on any atom is -0.491 e. The molecule has 1 aromatic rings. The Balaban J connectivity index is 2.92. The lowest BCUT2D eigenvalue weighted by Gasteiger charge is -2.31. The molecule has 0 aliphatic carbocycles. The zero-order valence-corrected chi connectivity index (χ0v) is 11.5. The second kappa shape index (κ2) is 6.59. The third-order valence-electron chi connectivity index (χ3n) is 3.08.